The van der Waals surface area contributed by atoms with E-state index < -0.39 is 11.7 Å². The molecule has 0 saturated carbocycles. The summed E-state index contributed by atoms with van der Waals surface area (Å²) < 4.78 is 31.7. The number of carbonyl (C=O) groups is 1. The van der Waals surface area contributed by atoms with Crippen LogP contribution >= 0.6 is 0 Å². The molecule has 1 aliphatic heterocycles. The van der Waals surface area contributed by atoms with E-state index in [-0.39, 0.29) is 18.9 Å². The number of ether oxygens (including phenoxy) is 3. The Hall–Kier alpha value is -4.14. The predicted molar refractivity (Wildman–Crippen MR) is 109 cm³/mol. The minimum atomic E-state index is -0.589. The summed E-state index contributed by atoms with van der Waals surface area (Å²) in [7, 11) is 1.52. The highest BCUT2D eigenvalue weighted by molar-refractivity contribution is 5.94. The van der Waals surface area contributed by atoms with Crippen molar-refractivity contribution in [3.05, 3.63) is 71.7 Å². The van der Waals surface area contributed by atoms with Gasteiger partial charge in [-0.3, -0.25) is 4.79 Å². The van der Waals surface area contributed by atoms with E-state index in [4.69, 9.17) is 14.2 Å². The van der Waals surface area contributed by atoms with Gasteiger partial charge in [0.1, 0.15) is 5.82 Å². The first-order chi connectivity index (χ1) is 15.1. The fourth-order valence-electron chi connectivity index (χ4n) is 3.41. The smallest absolute Gasteiger partial charge is 0.254 e. The number of rotatable bonds is 5. The average molecular weight is 420 g/mol. The zero-order valence-corrected chi connectivity index (χ0v) is 16.5. The van der Waals surface area contributed by atoms with E-state index in [1.54, 1.807) is 28.8 Å². The van der Waals surface area contributed by atoms with Gasteiger partial charge in [-0.15, -0.1) is 5.10 Å². The van der Waals surface area contributed by atoms with Gasteiger partial charge in [-0.1, -0.05) is 12.1 Å². The normalized spacial score (nSPS) is 12.2. The van der Waals surface area contributed by atoms with Crippen LogP contribution in [-0.4, -0.2) is 34.4 Å². The molecule has 0 radical (unpaired) electrons. The second-order valence-electron chi connectivity index (χ2n) is 6.78. The van der Waals surface area contributed by atoms with Crippen molar-refractivity contribution in [2.45, 2.75) is 6.54 Å². The van der Waals surface area contributed by atoms with Crippen molar-refractivity contribution in [3.8, 4) is 28.6 Å². The maximum Gasteiger partial charge on any atom is 0.254 e. The molecule has 8 nitrogen and oxygen atoms in total. The number of imidazole rings is 1. The Morgan fingerprint density at radius 1 is 1.16 bits per heavy atom. The monoisotopic (exact) mass is 420 g/mol. The van der Waals surface area contributed by atoms with Crippen molar-refractivity contribution in [2.24, 2.45) is 0 Å². The summed E-state index contributed by atoms with van der Waals surface area (Å²) in [5.74, 6) is 0.536. The molecule has 0 saturated heterocycles. The number of nitrogens with one attached hydrogen (secondary N) is 1. The summed E-state index contributed by atoms with van der Waals surface area (Å²) in [5.41, 5.74) is 2.52. The summed E-state index contributed by atoms with van der Waals surface area (Å²) >= 11 is 0. The maximum atomic E-state index is 14.0. The van der Waals surface area contributed by atoms with Gasteiger partial charge in [0.25, 0.3) is 5.91 Å². The lowest BCUT2D eigenvalue weighted by molar-refractivity contribution is 0.0946. The lowest BCUT2D eigenvalue weighted by atomic mass is 10.1. The highest BCUT2D eigenvalue weighted by Gasteiger charge is 2.21. The fourth-order valence-corrected chi connectivity index (χ4v) is 3.41. The quantitative estimate of drug-likeness (QED) is 0.534. The number of hydrogen-bond donors (Lipinski definition) is 1. The van der Waals surface area contributed by atoms with E-state index >= 15 is 0 Å². The molecule has 31 heavy (non-hydrogen) atoms. The second-order valence-corrected chi connectivity index (χ2v) is 6.78. The zero-order chi connectivity index (χ0) is 21.4. The largest absolute Gasteiger partial charge is 0.480 e. The topological polar surface area (TPSA) is 87.0 Å². The molecular formula is C22H17FN4O4. The van der Waals surface area contributed by atoms with Crippen LogP contribution in [-0.2, 0) is 6.54 Å². The molecule has 0 spiro atoms. The Labute approximate surface area is 176 Å². The first kappa shape index (κ1) is 18.9. The number of methoxy groups -OCH3 is 1. The number of benzene rings is 2. The van der Waals surface area contributed by atoms with Crippen LogP contribution in [0, 0.1) is 5.82 Å². The van der Waals surface area contributed by atoms with Gasteiger partial charge < -0.3 is 19.5 Å². The number of aromatic nitrogens is 3. The van der Waals surface area contributed by atoms with E-state index in [1.807, 2.05) is 12.1 Å². The summed E-state index contributed by atoms with van der Waals surface area (Å²) in [5, 5.41) is 7.19. The molecule has 2 aromatic carbocycles. The van der Waals surface area contributed by atoms with Gasteiger partial charge in [-0.2, -0.15) is 0 Å². The lowest BCUT2D eigenvalue weighted by Gasteiger charge is -2.09. The Morgan fingerprint density at radius 2 is 2.00 bits per heavy atom. The molecule has 0 unspecified atom stereocenters. The van der Waals surface area contributed by atoms with Crippen LogP contribution in [0.15, 0.2) is 54.6 Å². The summed E-state index contributed by atoms with van der Waals surface area (Å²) in [4.78, 5) is 17.2. The van der Waals surface area contributed by atoms with Gasteiger partial charge in [0.15, 0.2) is 17.1 Å². The molecule has 0 bridgehead atoms. The number of amides is 1. The molecule has 0 atom stereocenters. The standard InChI is InChI=1S/C22H17FN4O4/c1-29-20-9-8-19-25-21(13-6-7-17-18(10-13)31-12-30-17)16(27(19)26-20)11-24-22(28)14-4-2-3-5-15(14)23/h2-10H,11-12H2,1H3,(H,24,28). The van der Waals surface area contributed by atoms with Crippen LogP contribution in [0.3, 0.4) is 0 Å². The number of nitrogens with zero attached hydrogens (tertiary/aromatic N) is 3. The lowest BCUT2D eigenvalue weighted by Crippen LogP contribution is -2.25. The van der Waals surface area contributed by atoms with Crippen molar-refractivity contribution in [1.29, 1.82) is 0 Å². The van der Waals surface area contributed by atoms with Crippen molar-refractivity contribution in [2.75, 3.05) is 13.9 Å². The van der Waals surface area contributed by atoms with Gasteiger partial charge >= 0.3 is 0 Å². The number of hydrogen-bond acceptors (Lipinski definition) is 6. The van der Waals surface area contributed by atoms with Crippen molar-refractivity contribution in [3.63, 3.8) is 0 Å². The van der Waals surface area contributed by atoms with Gasteiger partial charge in [-0.05, 0) is 36.4 Å². The minimum absolute atomic E-state index is 0.0357. The van der Waals surface area contributed by atoms with E-state index in [9.17, 15) is 9.18 Å². The van der Waals surface area contributed by atoms with Crippen LogP contribution in [0.25, 0.3) is 16.9 Å². The molecule has 4 aromatic rings. The molecule has 1 aliphatic rings. The van der Waals surface area contributed by atoms with Crippen LogP contribution in [0.5, 0.6) is 17.4 Å². The molecule has 1 N–H and O–H groups in total. The Morgan fingerprint density at radius 3 is 2.84 bits per heavy atom. The average Bonchev–Trinajstić information content (AvgIpc) is 3.41. The van der Waals surface area contributed by atoms with Gasteiger partial charge in [-0.25, -0.2) is 13.9 Å². The molecule has 0 aliphatic carbocycles. The molecule has 156 valence electrons. The van der Waals surface area contributed by atoms with E-state index in [0.29, 0.717) is 34.4 Å². The number of fused-ring (bicyclic) bond motifs is 2. The van der Waals surface area contributed by atoms with Crippen LogP contribution in [0.4, 0.5) is 4.39 Å². The van der Waals surface area contributed by atoms with E-state index in [1.165, 1.54) is 25.3 Å². The van der Waals surface area contributed by atoms with Crippen LogP contribution < -0.4 is 19.5 Å². The third-order valence-corrected chi connectivity index (χ3v) is 4.94. The summed E-state index contributed by atoms with van der Waals surface area (Å²) in [6.07, 6.45) is 0. The van der Waals surface area contributed by atoms with Crippen molar-refractivity contribution in [1.82, 2.24) is 19.9 Å². The zero-order valence-electron chi connectivity index (χ0n) is 16.5. The van der Waals surface area contributed by atoms with Crippen LogP contribution in [0.1, 0.15) is 16.1 Å². The van der Waals surface area contributed by atoms with E-state index in [0.717, 1.165) is 5.56 Å². The van der Waals surface area contributed by atoms with Gasteiger partial charge in [0, 0.05) is 11.6 Å². The third-order valence-electron chi connectivity index (χ3n) is 4.94. The van der Waals surface area contributed by atoms with E-state index in [2.05, 4.69) is 15.4 Å². The number of halogens is 1. The molecule has 1 amide bonds. The predicted octanol–water partition coefficient (Wildman–Crippen LogP) is 3.20. The number of carbonyl (C=O) groups excluding carboxylic acids is 1. The Kier molecular flexibility index (Phi) is 4.62. The highest BCUT2D eigenvalue weighted by Crippen LogP contribution is 2.36. The van der Waals surface area contributed by atoms with Crippen molar-refractivity contribution >= 4 is 11.6 Å². The third kappa shape index (κ3) is 3.39. The van der Waals surface area contributed by atoms with Gasteiger partial charge in [0.05, 0.1) is 30.6 Å². The molecule has 0 fully saturated rings. The first-order valence-electron chi connectivity index (χ1n) is 9.49. The Balaban J connectivity index is 1.55. The molecule has 2 aromatic heterocycles. The second kappa shape index (κ2) is 7.60. The molecule has 5 rings (SSSR count). The highest BCUT2D eigenvalue weighted by atomic mass is 19.1. The van der Waals surface area contributed by atoms with Crippen molar-refractivity contribution < 1.29 is 23.4 Å². The maximum absolute atomic E-state index is 14.0. The molecular weight excluding hydrogens is 403 g/mol. The minimum Gasteiger partial charge on any atom is -0.480 e. The first-order valence-corrected chi connectivity index (χ1v) is 9.49. The summed E-state index contributed by atoms with van der Waals surface area (Å²) in [6, 6.07) is 14.8. The fraction of sp³-hybridized carbons (Fsp3) is 0.136. The molecule has 9 heteroatoms. The van der Waals surface area contributed by atoms with Gasteiger partial charge in [0.2, 0.25) is 12.7 Å². The molecule has 3 heterocycles. The Bertz CT molecular complexity index is 1300. The SMILES string of the molecule is COc1ccc2nc(-c3ccc4c(c3)OCO4)c(CNC(=O)c3ccccc3F)n2n1. The summed E-state index contributed by atoms with van der Waals surface area (Å²) in [6.45, 7) is 0.229. The van der Waals surface area contributed by atoms with Crippen LogP contribution in [0.2, 0.25) is 0 Å².